The van der Waals surface area contributed by atoms with Gasteiger partial charge in [-0.15, -0.1) is 0 Å². The van der Waals surface area contributed by atoms with Gasteiger partial charge in [0.25, 0.3) is 0 Å². The molecule has 0 radical (unpaired) electrons. The molecule has 0 N–H and O–H groups in total. The number of nitriles is 2. The van der Waals surface area contributed by atoms with Gasteiger partial charge in [0.15, 0.2) is 0 Å². The number of rotatable bonds is 8. The van der Waals surface area contributed by atoms with Crippen LogP contribution in [-0.4, -0.2) is 6.21 Å². The Hall–Kier alpha value is -6.23. The number of hydrogen-bond acceptors (Lipinski definition) is 4. The molecule has 0 saturated carbocycles. The summed E-state index contributed by atoms with van der Waals surface area (Å²) in [4.78, 5) is 7.03. The van der Waals surface area contributed by atoms with E-state index < -0.39 is 5.41 Å². The van der Waals surface area contributed by atoms with Crippen molar-refractivity contribution in [3.05, 3.63) is 179 Å². The largest absolute Gasteiger partial charge is 0.311 e. The molecule has 0 bridgehead atoms. The predicted octanol–water partition coefficient (Wildman–Crippen LogP) is 11.0. The number of nitrogens with zero attached hydrogens (tertiary/aromatic N) is 4. The summed E-state index contributed by atoms with van der Waals surface area (Å²) in [6, 6.07) is 47.4. The molecular weight excluding hydrogens is 573 g/mol. The van der Waals surface area contributed by atoms with Crippen molar-refractivity contribution in [3.63, 3.8) is 0 Å². The van der Waals surface area contributed by atoms with Crippen LogP contribution in [0.3, 0.4) is 0 Å². The Morgan fingerprint density at radius 3 is 1.81 bits per heavy atom. The molecule has 1 aliphatic rings. The molecular formula is C43H34N4. The molecule has 226 valence electrons. The van der Waals surface area contributed by atoms with Gasteiger partial charge in [-0.3, -0.25) is 4.99 Å². The summed E-state index contributed by atoms with van der Waals surface area (Å²) >= 11 is 0. The second kappa shape index (κ2) is 13.8. The van der Waals surface area contributed by atoms with E-state index in [4.69, 9.17) is 4.99 Å². The van der Waals surface area contributed by atoms with Gasteiger partial charge in [-0.1, -0.05) is 96.1 Å². The van der Waals surface area contributed by atoms with Crippen molar-refractivity contribution in [2.75, 3.05) is 4.90 Å². The van der Waals surface area contributed by atoms with Crippen LogP contribution >= 0.6 is 0 Å². The molecule has 0 fully saturated rings. The molecule has 1 unspecified atom stereocenters. The van der Waals surface area contributed by atoms with E-state index in [2.05, 4.69) is 134 Å². The van der Waals surface area contributed by atoms with Crippen LogP contribution in [0.2, 0.25) is 0 Å². The average Bonchev–Trinajstić information content (AvgIpc) is 3.13. The highest BCUT2D eigenvalue weighted by atomic mass is 15.1. The van der Waals surface area contributed by atoms with Crippen LogP contribution in [0.25, 0.3) is 11.6 Å². The van der Waals surface area contributed by atoms with Crippen molar-refractivity contribution in [1.82, 2.24) is 0 Å². The van der Waals surface area contributed by atoms with Crippen molar-refractivity contribution in [1.29, 1.82) is 10.5 Å². The molecule has 4 nitrogen and oxygen atoms in total. The zero-order valence-electron chi connectivity index (χ0n) is 26.5. The first-order valence-corrected chi connectivity index (χ1v) is 15.6. The number of allylic oxidation sites excluding steroid dienone is 5. The molecule has 0 aromatic heterocycles. The Morgan fingerprint density at radius 2 is 1.30 bits per heavy atom. The maximum atomic E-state index is 10.6. The van der Waals surface area contributed by atoms with E-state index in [1.54, 1.807) is 12.1 Å². The van der Waals surface area contributed by atoms with Crippen molar-refractivity contribution in [2.24, 2.45) is 10.4 Å². The lowest BCUT2D eigenvalue weighted by Crippen LogP contribution is -2.23. The highest BCUT2D eigenvalue weighted by Gasteiger charge is 2.32. The smallest absolute Gasteiger partial charge is 0.0991 e. The van der Waals surface area contributed by atoms with Crippen LogP contribution in [0.4, 0.5) is 22.7 Å². The number of aryl methyl sites for hydroxylation is 2. The first kappa shape index (κ1) is 30.8. The molecule has 5 aromatic rings. The lowest BCUT2D eigenvalue weighted by atomic mass is 9.74. The van der Waals surface area contributed by atoms with Gasteiger partial charge in [-0.2, -0.15) is 10.5 Å². The fourth-order valence-corrected chi connectivity index (χ4v) is 5.67. The van der Waals surface area contributed by atoms with Gasteiger partial charge in [-0.05, 0) is 104 Å². The second-order valence-electron chi connectivity index (χ2n) is 11.8. The van der Waals surface area contributed by atoms with Crippen LogP contribution in [0, 0.1) is 41.9 Å². The zero-order valence-corrected chi connectivity index (χ0v) is 26.5. The summed E-state index contributed by atoms with van der Waals surface area (Å²) in [7, 11) is 0. The summed E-state index contributed by atoms with van der Waals surface area (Å²) < 4.78 is 0. The normalized spacial score (nSPS) is 15.9. The topological polar surface area (TPSA) is 63.2 Å². The molecule has 6 rings (SSSR count). The summed E-state index contributed by atoms with van der Waals surface area (Å²) in [5, 5.41) is 19.8. The molecule has 0 spiro atoms. The zero-order chi connectivity index (χ0) is 32.6. The number of benzene rings is 5. The van der Waals surface area contributed by atoms with E-state index >= 15 is 0 Å². The average molecular weight is 607 g/mol. The SMILES string of the molecule is Cc1ccc(N(c2ccc(C)cc2)c2ccc(/C=C(\C#N)C3(C=Nc4ccc(C#N)cc4)C=CC(c4ccccc4)=CC3)cc2)cc1. The van der Waals surface area contributed by atoms with E-state index in [0.29, 0.717) is 17.6 Å². The van der Waals surface area contributed by atoms with Crippen molar-refractivity contribution in [2.45, 2.75) is 20.3 Å². The summed E-state index contributed by atoms with van der Waals surface area (Å²) in [6.45, 7) is 4.19. The molecule has 1 atom stereocenters. The highest BCUT2D eigenvalue weighted by Crippen LogP contribution is 2.40. The summed E-state index contributed by atoms with van der Waals surface area (Å²) in [5.41, 5.74) is 9.92. The highest BCUT2D eigenvalue weighted by molar-refractivity contribution is 5.86. The molecule has 5 aromatic carbocycles. The van der Waals surface area contributed by atoms with Gasteiger partial charge in [0.05, 0.1) is 28.8 Å². The van der Waals surface area contributed by atoms with Crippen LogP contribution in [0.5, 0.6) is 0 Å². The van der Waals surface area contributed by atoms with Crippen molar-refractivity contribution >= 4 is 40.6 Å². The Morgan fingerprint density at radius 1 is 0.723 bits per heavy atom. The first-order chi connectivity index (χ1) is 23.0. The van der Waals surface area contributed by atoms with Crippen LogP contribution in [0.1, 0.15) is 34.2 Å². The monoisotopic (exact) mass is 606 g/mol. The number of anilines is 3. The van der Waals surface area contributed by atoms with Gasteiger partial charge in [-0.25, -0.2) is 0 Å². The van der Waals surface area contributed by atoms with Gasteiger partial charge in [0.1, 0.15) is 0 Å². The van der Waals surface area contributed by atoms with E-state index in [-0.39, 0.29) is 0 Å². The predicted molar refractivity (Wildman–Crippen MR) is 194 cm³/mol. The van der Waals surface area contributed by atoms with Gasteiger partial charge in [0.2, 0.25) is 0 Å². The fourth-order valence-electron chi connectivity index (χ4n) is 5.67. The maximum absolute atomic E-state index is 10.6. The van der Waals surface area contributed by atoms with E-state index in [0.717, 1.165) is 39.4 Å². The fraction of sp³-hybridized carbons (Fsp3) is 0.0930. The number of hydrogen-bond donors (Lipinski definition) is 0. The molecule has 1 aliphatic carbocycles. The quantitative estimate of drug-likeness (QED) is 0.130. The minimum Gasteiger partial charge on any atom is -0.311 e. The third-order valence-corrected chi connectivity index (χ3v) is 8.44. The molecule has 0 aliphatic heterocycles. The Kier molecular flexibility index (Phi) is 9.05. The van der Waals surface area contributed by atoms with Gasteiger partial charge >= 0.3 is 0 Å². The van der Waals surface area contributed by atoms with Gasteiger partial charge < -0.3 is 4.90 Å². The van der Waals surface area contributed by atoms with Crippen molar-refractivity contribution in [3.8, 4) is 12.1 Å². The lowest BCUT2D eigenvalue weighted by Gasteiger charge is -2.28. The summed E-state index contributed by atoms with van der Waals surface area (Å²) in [6.07, 6.45) is 10.8. The Labute approximate surface area is 277 Å². The minimum absolute atomic E-state index is 0.580. The Bertz CT molecular complexity index is 2010. The van der Waals surface area contributed by atoms with Crippen LogP contribution in [0.15, 0.2) is 156 Å². The summed E-state index contributed by atoms with van der Waals surface area (Å²) in [5.74, 6) is 0. The molecule has 0 heterocycles. The second-order valence-corrected chi connectivity index (χ2v) is 11.8. The minimum atomic E-state index is -0.741. The van der Waals surface area contributed by atoms with E-state index in [1.165, 1.54) is 11.1 Å². The third-order valence-electron chi connectivity index (χ3n) is 8.44. The molecule has 0 amide bonds. The first-order valence-electron chi connectivity index (χ1n) is 15.6. The lowest BCUT2D eigenvalue weighted by molar-refractivity contribution is 0.675. The van der Waals surface area contributed by atoms with Crippen molar-refractivity contribution < 1.29 is 0 Å². The maximum Gasteiger partial charge on any atom is 0.0991 e. The third kappa shape index (κ3) is 7.04. The Balaban J connectivity index is 1.36. The molecule has 47 heavy (non-hydrogen) atoms. The molecule has 4 heteroatoms. The molecule has 0 saturated heterocycles. The van der Waals surface area contributed by atoms with E-state index in [9.17, 15) is 10.5 Å². The van der Waals surface area contributed by atoms with Crippen LogP contribution < -0.4 is 4.90 Å². The standard InChI is InChI=1S/C43H34N4/c1-32-8-18-40(19-9-32)47(41-20-10-33(2)11-21-41)42-22-14-34(15-23-42)28-38(30-45)43(31-46-39-16-12-35(29-44)13-17-39)26-24-37(25-27-43)36-6-4-3-5-7-36/h3-26,28,31H,27H2,1-2H3/b38-28+,46-31?. The van der Waals surface area contributed by atoms with E-state index in [1.807, 2.05) is 42.6 Å². The number of aliphatic imine (C=N–C) groups is 1. The van der Waals surface area contributed by atoms with Gasteiger partial charge in [0, 0.05) is 28.8 Å². The van der Waals surface area contributed by atoms with Crippen LogP contribution in [-0.2, 0) is 0 Å².